The number of rotatable bonds is 5. The number of hydrogen-bond acceptors (Lipinski definition) is 3. The molecule has 0 amide bonds. The smallest absolute Gasteiger partial charge is 0.165 e. The van der Waals surface area contributed by atoms with Gasteiger partial charge in [-0.1, -0.05) is 6.07 Å². The maximum atomic E-state index is 11.9. The van der Waals surface area contributed by atoms with Crippen molar-refractivity contribution < 1.29 is 9.53 Å². The van der Waals surface area contributed by atoms with Gasteiger partial charge in [0.25, 0.3) is 0 Å². The van der Waals surface area contributed by atoms with Gasteiger partial charge in [-0.2, -0.15) is 0 Å². The Labute approximate surface area is 107 Å². The Morgan fingerprint density at radius 3 is 2.89 bits per heavy atom. The van der Waals surface area contributed by atoms with E-state index < -0.39 is 0 Å². The summed E-state index contributed by atoms with van der Waals surface area (Å²) in [4.78, 5) is 16.3. The van der Waals surface area contributed by atoms with Crippen molar-refractivity contribution in [2.45, 2.75) is 20.3 Å². The molecule has 3 nitrogen and oxygen atoms in total. The molecule has 0 saturated heterocycles. The van der Waals surface area contributed by atoms with Gasteiger partial charge in [-0.05, 0) is 38.1 Å². The van der Waals surface area contributed by atoms with Gasteiger partial charge < -0.3 is 4.74 Å². The maximum absolute atomic E-state index is 11.9. The molecule has 18 heavy (non-hydrogen) atoms. The monoisotopic (exact) mass is 243 g/mol. The van der Waals surface area contributed by atoms with Crippen LogP contribution in [0.5, 0.6) is 0 Å². The molecule has 0 bridgehead atoms. The highest BCUT2D eigenvalue weighted by molar-refractivity contribution is 5.99. The molecule has 0 unspecified atom stereocenters. The quantitative estimate of drug-likeness (QED) is 0.598. The fraction of sp³-hybridized carbons (Fsp3) is 0.333. The van der Waals surface area contributed by atoms with Crippen LogP contribution in [-0.2, 0) is 4.74 Å². The average molecular weight is 243 g/mol. The molecule has 0 atom stereocenters. The van der Waals surface area contributed by atoms with Gasteiger partial charge in [-0.3, -0.25) is 9.78 Å². The molecular weight excluding hydrogens is 226 g/mol. The molecule has 1 heterocycles. The van der Waals surface area contributed by atoms with E-state index in [2.05, 4.69) is 4.98 Å². The number of aromatic nitrogens is 1. The number of ether oxygens (including phenoxy) is 1. The summed E-state index contributed by atoms with van der Waals surface area (Å²) in [7, 11) is 0. The number of aryl methyl sites for hydroxylation is 1. The van der Waals surface area contributed by atoms with Crippen LogP contribution in [0.15, 0.2) is 30.3 Å². The van der Waals surface area contributed by atoms with E-state index in [-0.39, 0.29) is 5.78 Å². The summed E-state index contributed by atoms with van der Waals surface area (Å²) in [5.74, 6) is 0.117. The number of nitrogens with zero attached hydrogens (tertiary/aromatic N) is 1. The summed E-state index contributed by atoms with van der Waals surface area (Å²) in [6, 6.07) is 9.59. The Kier molecular flexibility index (Phi) is 4.05. The Hall–Kier alpha value is -1.74. The minimum absolute atomic E-state index is 0.117. The first-order valence-electron chi connectivity index (χ1n) is 6.19. The molecule has 3 heteroatoms. The lowest BCUT2D eigenvalue weighted by Crippen LogP contribution is -2.04. The minimum atomic E-state index is 0.117. The predicted octanol–water partition coefficient (Wildman–Crippen LogP) is 3.15. The van der Waals surface area contributed by atoms with Crippen LogP contribution in [0.4, 0.5) is 0 Å². The van der Waals surface area contributed by atoms with Crippen LogP contribution in [-0.4, -0.2) is 24.0 Å². The van der Waals surface area contributed by atoms with Crippen LogP contribution >= 0.6 is 0 Å². The van der Waals surface area contributed by atoms with Crippen molar-refractivity contribution in [2.24, 2.45) is 0 Å². The van der Waals surface area contributed by atoms with Crippen molar-refractivity contribution in [1.82, 2.24) is 4.98 Å². The standard InChI is InChI=1S/C15H17NO2/c1-3-18-9-8-15(17)13-6-7-14-12(10-13)5-4-11(2)16-14/h4-7,10H,3,8-9H2,1-2H3. The van der Waals surface area contributed by atoms with Crippen molar-refractivity contribution in [2.75, 3.05) is 13.2 Å². The molecule has 1 aromatic carbocycles. The van der Waals surface area contributed by atoms with E-state index in [4.69, 9.17) is 4.74 Å². The van der Waals surface area contributed by atoms with Crippen molar-refractivity contribution in [3.05, 3.63) is 41.6 Å². The maximum Gasteiger partial charge on any atom is 0.165 e. The fourth-order valence-electron chi connectivity index (χ4n) is 1.85. The number of pyridine rings is 1. The zero-order valence-electron chi connectivity index (χ0n) is 10.8. The molecule has 0 aliphatic rings. The molecule has 2 rings (SSSR count). The summed E-state index contributed by atoms with van der Waals surface area (Å²) in [5, 5.41) is 1.00. The van der Waals surface area contributed by atoms with Crippen molar-refractivity contribution in [1.29, 1.82) is 0 Å². The van der Waals surface area contributed by atoms with Gasteiger partial charge >= 0.3 is 0 Å². The summed E-state index contributed by atoms with van der Waals surface area (Å²) in [6.45, 7) is 5.02. The van der Waals surface area contributed by atoms with E-state index >= 15 is 0 Å². The number of Topliss-reactive ketones (excluding diaryl/α,β-unsaturated/α-hetero) is 1. The van der Waals surface area contributed by atoms with Crippen molar-refractivity contribution in [3.63, 3.8) is 0 Å². The van der Waals surface area contributed by atoms with Gasteiger partial charge in [0.2, 0.25) is 0 Å². The Balaban J connectivity index is 2.19. The third-order valence-corrected chi connectivity index (χ3v) is 2.83. The fourth-order valence-corrected chi connectivity index (χ4v) is 1.85. The van der Waals surface area contributed by atoms with Crippen LogP contribution in [0.1, 0.15) is 29.4 Å². The van der Waals surface area contributed by atoms with E-state index in [1.807, 2.05) is 44.2 Å². The van der Waals surface area contributed by atoms with Gasteiger partial charge in [0.15, 0.2) is 5.78 Å². The lowest BCUT2D eigenvalue weighted by Gasteiger charge is -2.04. The Morgan fingerprint density at radius 2 is 2.11 bits per heavy atom. The van der Waals surface area contributed by atoms with Gasteiger partial charge in [0, 0.05) is 29.7 Å². The molecule has 0 saturated carbocycles. The lowest BCUT2D eigenvalue weighted by atomic mass is 10.1. The van der Waals surface area contributed by atoms with Gasteiger partial charge in [-0.25, -0.2) is 0 Å². The third-order valence-electron chi connectivity index (χ3n) is 2.83. The van der Waals surface area contributed by atoms with Crippen LogP contribution in [0.3, 0.4) is 0 Å². The first kappa shape index (κ1) is 12.7. The second kappa shape index (κ2) is 5.74. The van der Waals surface area contributed by atoms with Gasteiger partial charge in [-0.15, -0.1) is 0 Å². The lowest BCUT2D eigenvalue weighted by molar-refractivity contribution is 0.0896. The highest BCUT2D eigenvalue weighted by atomic mass is 16.5. The first-order valence-corrected chi connectivity index (χ1v) is 6.19. The molecule has 1 aromatic heterocycles. The summed E-state index contributed by atoms with van der Waals surface area (Å²) in [6.07, 6.45) is 0.429. The third kappa shape index (κ3) is 2.93. The van der Waals surface area contributed by atoms with Gasteiger partial charge in [0.1, 0.15) is 0 Å². The van der Waals surface area contributed by atoms with E-state index in [9.17, 15) is 4.79 Å². The van der Waals surface area contributed by atoms with Crippen LogP contribution in [0.2, 0.25) is 0 Å². The molecule has 0 aliphatic carbocycles. The van der Waals surface area contributed by atoms with E-state index in [1.54, 1.807) is 0 Å². The molecule has 0 spiro atoms. The van der Waals surface area contributed by atoms with Crippen molar-refractivity contribution >= 4 is 16.7 Å². The first-order chi connectivity index (χ1) is 8.70. The number of ketones is 1. The van der Waals surface area contributed by atoms with Crippen LogP contribution in [0.25, 0.3) is 10.9 Å². The highest BCUT2D eigenvalue weighted by Gasteiger charge is 2.06. The normalized spacial score (nSPS) is 10.8. The Bertz CT molecular complexity index is 563. The topological polar surface area (TPSA) is 39.2 Å². The summed E-state index contributed by atoms with van der Waals surface area (Å²) in [5.41, 5.74) is 2.64. The predicted molar refractivity (Wildman–Crippen MR) is 71.9 cm³/mol. The summed E-state index contributed by atoms with van der Waals surface area (Å²) < 4.78 is 5.20. The SMILES string of the molecule is CCOCCC(=O)c1ccc2nc(C)ccc2c1. The number of fused-ring (bicyclic) bond motifs is 1. The molecule has 0 N–H and O–H groups in total. The van der Waals surface area contributed by atoms with Crippen LogP contribution in [0, 0.1) is 6.92 Å². The molecule has 0 aliphatic heterocycles. The average Bonchev–Trinajstić information content (AvgIpc) is 2.38. The highest BCUT2D eigenvalue weighted by Crippen LogP contribution is 2.16. The number of hydrogen-bond donors (Lipinski definition) is 0. The minimum Gasteiger partial charge on any atom is -0.381 e. The second-order valence-electron chi connectivity index (χ2n) is 4.23. The Morgan fingerprint density at radius 1 is 1.28 bits per heavy atom. The van der Waals surface area contributed by atoms with Crippen molar-refractivity contribution in [3.8, 4) is 0 Å². The number of carbonyl (C=O) groups is 1. The zero-order chi connectivity index (χ0) is 13.0. The molecule has 2 aromatic rings. The molecule has 0 radical (unpaired) electrons. The second-order valence-corrected chi connectivity index (χ2v) is 4.23. The number of carbonyl (C=O) groups excluding carboxylic acids is 1. The van der Waals surface area contributed by atoms with Gasteiger partial charge in [0.05, 0.1) is 12.1 Å². The molecule has 0 fully saturated rings. The number of benzene rings is 1. The zero-order valence-corrected chi connectivity index (χ0v) is 10.8. The molecular formula is C15H17NO2. The van der Waals surface area contributed by atoms with E-state index in [0.717, 1.165) is 22.2 Å². The summed E-state index contributed by atoms with van der Waals surface area (Å²) >= 11 is 0. The van der Waals surface area contributed by atoms with Crippen LogP contribution < -0.4 is 0 Å². The molecule has 94 valence electrons. The van der Waals surface area contributed by atoms with E-state index in [0.29, 0.717) is 19.6 Å². The largest absolute Gasteiger partial charge is 0.381 e. The van der Waals surface area contributed by atoms with E-state index in [1.165, 1.54) is 0 Å².